The van der Waals surface area contributed by atoms with Crippen LogP contribution in [0.2, 0.25) is 5.02 Å². The Balaban J connectivity index is 1.06. The van der Waals surface area contributed by atoms with Crippen molar-refractivity contribution in [1.82, 2.24) is 63.0 Å². The fourth-order valence-electron chi connectivity index (χ4n) is 13.1. The van der Waals surface area contributed by atoms with Crippen LogP contribution < -0.4 is 70.4 Å². The van der Waals surface area contributed by atoms with E-state index in [9.17, 15) is 48.3 Å². The van der Waals surface area contributed by atoms with E-state index < -0.39 is 132 Å². The summed E-state index contributed by atoms with van der Waals surface area (Å²) in [7, 11) is 0. The van der Waals surface area contributed by atoms with Crippen molar-refractivity contribution in [3.8, 4) is 0 Å². The highest BCUT2D eigenvalue weighted by Crippen LogP contribution is 2.24. The number of benzene rings is 6. The Kier molecular flexibility index (Phi) is 31.7. The number of carbonyl (C=O) groups excluding carboxylic acids is 11. The van der Waals surface area contributed by atoms with Crippen LogP contribution in [0.15, 0.2) is 146 Å². The molecule has 6 aromatic rings. The Hall–Kier alpha value is -11.0. The first-order valence-electron chi connectivity index (χ1n) is 36.7. The van der Waals surface area contributed by atoms with Crippen molar-refractivity contribution in [2.75, 3.05) is 51.7 Å². The number of amides is 11. The molecule has 18 N–H and O–H groups in total. The molecule has 582 valence electrons. The lowest BCUT2D eigenvalue weighted by atomic mass is 9.97. The third kappa shape index (κ3) is 26.1. The summed E-state index contributed by atoms with van der Waals surface area (Å²) in [5.41, 5.74) is 21.4. The number of aliphatic hydroxyl groups excluding tert-OH is 1. The maximum Gasteiger partial charge on any atom is 0.245 e. The Morgan fingerprint density at radius 1 is 0.532 bits per heavy atom. The minimum Gasteiger partial charge on any atom is -0.399 e. The standard InChI is InChI=1S/C79H101ClN16O13/c1-47(2)39-61(70(100)88-60(19-11-33-85-79(83)84)78(108)96-34-12-20-68(96)77(107)86-48(3)69(82)99)89-71(101)64(43-53-27-31-58(81)32-28-53)91-73(103)65(41-51-21-23-54(24-22-51)45-95-35-37-109-38-36-95)93-76(106)67(46-97)94-74(104)62(40-50-13-6-5-7-14-50)90-72(102)63(42-52-25-29-57(80)30-26-52)92-75(105)66(87-49(4)98)44-56-17-10-16-55-15-8-9-18-59(55)56/h5-10,13-18,21-32,47-48,60-68,97H,11-12,19-20,33-46,81H2,1-4H3,(H2,82,99)(H,86,107)(H,87,98)(H,88,100)(H,89,101)(H,90,102)(H,91,103)(H,92,105)(H,93,106)(H,94,104)(H4,83,84,85)/t48-,60+,61+,62-,63-,64-,65+,66-,67+,68+/m1/s1. The van der Waals surface area contributed by atoms with Gasteiger partial charge in [0.2, 0.25) is 65.0 Å². The number of nitrogens with one attached hydrogen (secondary N) is 11. The lowest BCUT2D eigenvalue weighted by molar-refractivity contribution is -0.142. The van der Waals surface area contributed by atoms with Gasteiger partial charge in [-0.3, -0.25) is 63.0 Å². The second kappa shape index (κ2) is 41.4. The average molecular weight is 1520 g/mol. The van der Waals surface area contributed by atoms with Crippen molar-refractivity contribution in [3.05, 3.63) is 184 Å². The highest BCUT2D eigenvalue weighted by Gasteiger charge is 2.41. The molecule has 109 heavy (non-hydrogen) atoms. The topological polar surface area (TPSA) is 446 Å². The van der Waals surface area contributed by atoms with Crippen molar-refractivity contribution in [1.29, 1.82) is 5.41 Å². The molecule has 11 amide bonds. The van der Waals surface area contributed by atoms with Crippen LogP contribution in [-0.4, -0.2) is 192 Å². The Bertz CT molecular complexity index is 4130. The predicted octanol–water partition coefficient (Wildman–Crippen LogP) is 1.60. The third-order valence-corrected chi connectivity index (χ3v) is 19.2. The zero-order valence-electron chi connectivity index (χ0n) is 61.8. The maximum absolute atomic E-state index is 15.3. The molecule has 6 aromatic carbocycles. The first-order chi connectivity index (χ1) is 52.2. The van der Waals surface area contributed by atoms with Gasteiger partial charge in [0, 0.05) is 82.5 Å². The lowest BCUT2D eigenvalue weighted by Gasteiger charge is -2.31. The third-order valence-electron chi connectivity index (χ3n) is 18.9. The summed E-state index contributed by atoms with van der Waals surface area (Å²) in [4.78, 5) is 161. The molecule has 0 bridgehead atoms. The van der Waals surface area contributed by atoms with E-state index in [1.165, 1.54) is 18.7 Å². The number of rotatable bonds is 38. The molecule has 10 atom stereocenters. The van der Waals surface area contributed by atoms with Crippen LogP contribution in [0, 0.1) is 11.3 Å². The van der Waals surface area contributed by atoms with E-state index in [0.29, 0.717) is 72.2 Å². The highest BCUT2D eigenvalue weighted by molar-refractivity contribution is 6.30. The number of anilines is 1. The molecular formula is C79H101ClN16O13. The molecule has 2 heterocycles. The molecule has 2 aliphatic rings. The summed E-state index contributed by atoms with van der Waals surface area (Å²) in [5.74, 6) is -9.20. The monoisotopic (exact) mass is 1520 g/mol. The fourth-order valence-corrected chi connectivity index (χ4v) is 13.2. The molecule has 0 spiro atoms. The van der Waals surface area contributed by atoms with Gasteiger partial charge in [-0.25, -0.2) is 0 Å². The van der Waals surface area contributed by atoms with Crippen LogP contribution in [0.4, 0.5) is 5.69 Å². The molecule has 30 heteroatoms. The zero-order valence-corrected chi connectivity index (χ0v) is 62.5. The first-order valence-corrected chi connectivity index (χ1v) is 37.0. The maximum atomic E-state index is 15.3. The van der Waals surface area contributed by atoms with Crippen molar-refractivity contribution in [2.24, 2.45) is 17.4 Å². The van der Waals surface area contributed by atoms with Gasteiger partial charge in [-0.15, -0.1) is 0 Å². The summed E-state index contributed by atoms with van der Waals surface area (Å²) >= 11 is 6.28. The lowest BCUT2D eigenvalue weighted by Crippen LogP contribution is -2.62. The second-order valence-corrected chi connectivity index (χ2v) is 28.5. The number of fused-ring (bicyclic) bond motifs is 1. The van der Waals surface area contributed by atoms with E-state index in [1.54, 1.807) is 91.0 Å². The smallest absolute Gasteiger partial charge is 0.245 e. The number of nitrogens with zero attached hydrogens (tertiary/aromatic N) is 2. The van der Waals surface area contributed by atoms with Gasteiger partial charge in [0.15, 0.2) is 5.96 Å². The van der Waals surface area contributed by atoms with Gasteiger partial charge in [-0.2, -0.15) is 0 Å². The van der Waals surface area contributed by atoms with Gasteiger partial charge in [0.1, 0.15) is 60.4 Å². The molecular weight excluding hydrogens is 1420 g/mol. The number of aliphatic hydroxyl groups is 1. The van der Waals surface area contributed by atoms with Gasteiger partial charge < -0.3 is 85.1 Å². The van der Waals surface area contributed by atoms with Gasteiger partial charge in [0.05, 0.1) is 19.8 Å². The minimum absolute atomic E-state index is 0.00794. The quantitative estimate of drug-likeness (QED) is 0.0113. The SMILES string of the molecule is CC(=O)N[C@H](Cc1cccc2ccccc12)C(=O)N[C@H](Cc1ccc(Cl)cc1)C(=O)N[C@H](Cc1ccccc1)C(=O)N[C@@H](CO)C(=O)N[C@@H](Cc1ccc(CN2CCOCC2)cc1)C(=O)N[C@H](Cc1ccc(N)cc1)C(=O)N[C@@H](CC(C)C)C(=O)N[C@@H](CCCNC(=N)N)C(=O)N1CCC[C@H]1C(=O)N[C@H](C)C(N)=O. The van der Waals surface area contributed by atoms with Crippen molar-refractivity contribution in [3.63, 3.8) is 0 Å². The largest absolute Gasteiger partial charge is 0.399 e. The fraction of sp³-hybridized carbons (Fsp3) is 0.418. The van der Waals surface area contributed by atoms with Crippen LogP contribution in [0.3, 0.4) is 0 Å². The van der Waals surface area contributed by atoms with Gasteiger partial charge in [-0.1, -0.05) is 147 Å². The summed E-state index contributed by atoms with van der Waals surface area (Å²) < 4.78 is 5.55. The van der Waals surface area contributed by atoms with E-state index in [-0.39, 0.29) is 82.8 Å². The number of morpholine rings is 1. The van der Waals surface area contributed by atoms with Gasteiger partial charge >= 0.3 is 0 Å². The van der Waals surface area contributed by atoms with E-state index in [0.717, 1.165) is 21.9 Å². The predicted molar refractivity (Wildman–Crippen MR) is 412 cm³/mol. The Morgan fingerprint density at radius 3 is 1.52 bits per heavy atom. The van der Waals surface area contributed by atoms with Crippen molar-refractivity contribution < 1.29 is 62.6 Å². The molecule has 0 unspecified atom stereocenters. The van der Waals surface area contributed by atoms with Crippen molar-refractivity contribution in [2.45, 2.75) is 159 Å². The molecule has 0 radical (unpaired) electrons. The number of nitrogens with two attached hydrogens (primary N) is 3. The summed E-state index contributed by atoms with van der Waals surface area (Å²) in [6, 6.07) is 28.6. The number of primary amides is 1. The van der Waals surface area contributed by atoms with E-state index >= 15 is 9.59 Å². The number of ether oxygens (including phenoxy) is 1. The Morgan fingerprint density at radius 2 is 0.991 bits per heavy atom. The summed E-state index contributed by atoms with van der Waals surface area (Å²) in [6.45, 7) is 8.72. The molecule has 0 aliphatic carbocycles. The molecule has 0 aromatic heterocycles. The number of halogens is 1. The van der Waals surface area contributed by atoms with Crippen LogP contribution in [0.1, 0.15) is 93.2 Å². The zero-order chi connectivity index (χ0) is 78.7. The summed E-state index contributed by atoms with van der Waals surface area (Å²) in [6.07, 6.45) is 0.238. The van der Waals surface area contributed by atoms with Crippen LogP contribution in [0.5, 0.6) is 0 Å². The van der Waals surface area contributed by atoms with Crippen molar-refractivity contribution >= 4 is 99.0 Å². The normalized spacial score (nSPS) is 16.1. The number of hydrogen-bond donors (Lipinski definition) is 15. The average Bonchev–Trinajstić information content (AvgIpc) is 1.80. The molecule has 2 saturated heterocycles. The molecule has 8 rings (SSSR count). The number of hydrogen-bond acceptors (Lipinski definition) is 16. The van der Waals surface area contributed by atoms with Crippen LogP contribution in [-0.2, 0) is 96.1 Å². The Labute approximate surface area is 638 Å². The molecule has 2 aliphatic heterocycles. The van der Waals surface area contributed by atoms with Crippen LogP contribution >= 0.6 is 11.6 Å². The number of carbonyl (C=O) groups is 11. The number of nitrogen functional groups attached to an aromatic ring is 1. The molecule has 0 saturated carbocycles. The highest BCUT2D eigenvalue weighted by atomic mass is 35.5. The number of likely N-dealkylation sites (tertiary alicyclic amines) is 1. The van der Waals surface area contributed by atoms with Gasteiger partial charge in [0.25, 0.3) is 0 Å². The van der Waals surface area contributed by atoms with Gasteiger partial charge in [-0.05, 0) is 113 Å². The van der Waals surface area contributed by atoms with E-state index in [4.69, 9.17) is 38.9 Å². The number of guanidine groups is 1. The molecule has 2 fully saturated rings. The van der Waals surface area contributed by atoms with Crippen LogP contribution in [0.25, 0.3) is 10.8 Å². The second-order valence-electron chi connectivity index (χ2n) is 28.0. The minimum atomic E-state index is -1.80. The van der Waals surface area contributed by atoms with E-state index in [2.05, 4.69) is 58.1 Å². The van der Waals surface area contributed by atoms with E-state index in [1.807, 2.05) is 68.4 Å². The first kappa shape index (κ1) is 83.6. The molecule has 29 nitrogen and oxygen atoms in total. The summed E-state index contributed by atoms with van der Waals surface area (Å²) in [5, 5.41) is 48.3.